The summed E-state index contributed by atoms with van der Waals surface area (Å²) in [7, 11) is 0. The van der Waals surface area contributed by atoms with E-state index in [1.54, 1.807) is 12.1 Å². The molecule has 2 aromatic heterocycles. The maximum Gasteiger partial charge on any atom is 0.263 e. The lowest BCUT2D eigenvalue weighted by atomic mass is 10.0. The van der Waals surface area contributed by atoms with Crippen LogP contribution in [0.2, 0.25) is 5.02 Å². The van der Waals surface area contributed by atoms with Gasteiger partial charge in [-0.3, -0.25) is 19.0 Å². The van der Waals surface area contributed by atoms with Gasteiger partial charge >= 0.3 is 0 Å². The normalized spacial score (nSPS) is 11.9. The van der Waals surface area contributed by atoms with Crippen molar-refractivity contribution in [1.29, 1.82) is 0 Å². The third-order valence-electron chi connectivity index (χ3n) is 5.14. The highest BCUT2D eigenvalue weighted by Gasteiger charge is 2.19. The summed E-state index contributed by atoms with van der Waals surface area (Å²) in [5, 5.41) is 5.69. The van der Waals surface area contributed by atoms with Crippen molar-refractivity contribution in [2.75, 3.05) is 0 Å². The molecule has 0 saturated carbocycles. The number of carbonyl (C=O) groups is 2. The Hall–Kier alpha value is -3.29. The van der Waals surface area contributed by atoms with Crippen molar-refractivity contribution < 1.29 is 9.59 Å². The van der Waals surface area contributed by atoms with Crippen LogP contribution in [0.25, 0.3) is 21.3 Å². The monoisotopic (exact) mass is 465 g/mol. The zero-order valence-electron chi connectivity index (χ0n) is 17.2. The fourth-order valence-corrected chi connectivity index (χ4v) is 4.50. The van der Waals surface area contributed by atoms with Crippen LogP contribution in [-0.4, -0.2) is 27.3 Å². The number of ketones is 1. The maximum atomic E-state index is 13.2. The predicted octanol–water partition coefficient (Wildman–Crippen LogP) is 4.09. The first-order valence-electron chi connectivity index (χ1n) is 9.98. The fourth-order valence-electron chi connectivity index (χ4n) is 3.46. The van der Waals surface area contributed by atoms with Gasteiger partial charge in [-0.2, -0.15) is 0 Å². The van der Waals surface area contributed by atoms with Crippen LogP contribution < -0.4 is 10.9 Å². The first-order valence-corrected chi connectivity index (χ1v) is 11.2. The molecule has 0 aliphatic rings. The molecule has 162 valence electrons. The summed E-state index contributed by atoms with van der Waals surface area (Å²) >= 11 is 7.34. The second kappa shape index (κ2) is 9.46. The Labute approximate surface area is 193 Å². The lowest BCUT2D eigenvalue weighted by molar-refractivity contribution is -0.127. The van der Waals surface area contributed by atoms with Crippen molar-refractivity contribution in [3.63, 3.8) is 0 Å². The van der Waals surface area contributed by atoms with Gasteiger partial charge in [-0.1, -0.05) is 54.1 Å². The van der Waals surface area contributed by atoms with Crippen LogP contribution in [0, 0.1) is 0 Å². The van der Waals surface area contributed by atoms with E-state index < -0.39 is 11.9 Å². The standard InChI is InChI=1S/C24H20ClN3O3S/c1-15(29)20(11-16-5-3-2-4-6-16)27-21(30)12-28-14-26-23-22(24(28)31)19(13-32-23)17-7-9-18(25)10-8-17/h2-10,13-14,20H,11-12H2,1H3,(H,27,30). The van der Waals surface area contributed by atoms with Crippen molar-refractivity contribution in [2.24, 2.45) is 0 Å². The molecule has 0 aliphatic carbocycles. The highest BCUT2D eigenvalue weighted by molar-refractivity contribution is 7.17. The SMILES string of the molecule is CC(=O)C(Cc1ccccc1)NC(=O)Cn1cnc2scc(-c3ccc(Cl)cc3)c2c1=O. The summed E-state index contributed by atoms with van der Waals surface area (Å²) in [6.45, 7) is 1.22. The van der Waals surface area contributed by atoms with Crippen LogP contribution in [0.1, 0.15) is 12.5 Å². The molecule has 0 radical (unpaired) electrons. The topological polar surface area (TPSA) is 81.1 Å². The van der Waals surface area contributed by atoms with Gasteiger partial charge in [0.15, 0.2) is 5.78 Å². The largest absolute Gasteiger partial charge is 0.344 e. The molecular formula is C24H20ClN3O3S. The molecule has 4 aromatic rings. The molecule has 1 unspecified atom stereocenters. The van der Waals surface area contributed by atoms with E-state index in [2.05, 4.69) is 10.3 Å². The Bertz CT molecular complexity index is 1330. The predicted molar refractivity (Wildman–Crippen MR) is 127 cm³/mol. The molecule has 0 saturated heterocycles. The first-order chi connectivity index (χ1) is 15.4. The summed E-state index contributed by atoms with van der Waals surface area (Å²) < 4.78 is 1.27. The Morgan fingerprint density at radius 3 is 2.53 bits per heavy atom. The summed E-state index contributed by atoms with van der Waals surface area (Å²) in [4.78, 5) is 42.8. The molecule has 32 heavy (non-hydrogen) atoms. The highest BCUT2D eigenvalue weighted by Crippen LogP contribution is 2.31. The number of carbonyl (C=O) groups excluding carboxylic acids is 2. The van der Waals surface area contributed by atoms with Gasteiger partial charge in [0.25, 0.3) is 5.56 Å². The van der Waals surface area contributed by atoms with E-state index in [0.29, 0.717) is 21.7 Å². The average molecular weight is 466 g/mol. The smallest absolute Gasteiger partial charge is 0.263 e. The fraction of sp³-hybridized carbons (Fsp3) is 0.167. The third-order valence-corrected chi connectivity index (χ3v) is 6.28. The summed E-state index contributed by atoms with van der Waals surface area (Å²) in [5.41, 5.74) is 2.23. The van der Waals surface area contributed by atoms with Crippen LogP contribution >= 0.6 is 22.9 Å². The molecule has 0 aliphatic heterocycles. The van der Waals surface area contributed by atoms with Crippen LogP contribution in [-0.2, 0) is 22.6 Å². The third kappa shape index (κ3) is 4.79. The van der Waals surface area contributed by atoms with E-state index >= 15 is 0 Å². The Kier molecular flexibility index (Phi) is 6.48. The number of thiophene rings is 1. The second-order valence-corrected chi connectivity index (χ2v) is 8.73. The van der Waals surface area contributed by atoms with E-state index in [-0.39, 0.29) is 17.9 Å². The molecular weight excluding hydrogens is 446 g/mol. The number of nitrogens with zero attached hydrogens (tertiary/aromatic N) is 2. The Morgan fingerprint density at radius 1 is 1.12 bits per heavy atom. The molecule has 2 aromatic carbocycles. The van der Waals surface area contributed by atoms with Crippen molar-refractivity contribution in [2.45, 2.75) is 25.9 Å². The van der Waals surface area contributed by atoms with Gasteiger partial charge in [-0.05, 0) is 36.6 Å². The number of nitrogens with one attached hydrogen (secondary N) is 1. The van der Waals surface area contributed by atoms with Crippen LogP contribution in [0.3, 0.4) is 0 Å². The first kappa shape index (κ1) is 21.9. The van der Waals surface area contributed by atoms with Gasteiger partial charge in [0.05, 0.1) is 17.8 Å². The molecule has 2 heterocycles. The van der Waals surface area contributed by atoms with Gasteiger partial charge in [-0.25, -0.2) is 4.98 Å². The quantitative estimate of drug-likeness (QED) is 0.445. The molecule has 0 fully saturated rings. The molecule has 6 nitrogen and oxygen atoms in total. The minimum Gasteiger partial charge on any atom is -0.344 e. The van der Waals surface area contributed by atoms with Crippen molar-refractivity contribution in [1.82, 2.24) is 14.9 Å². The Morgan fingerprint density at radius 2 is 1.84 bits per heavy atom. The zero-order chi connectivity index (χ0) is 22.7. The number of hydrogen-bond donors (Lipinski definition) is 1. The number of benzene rings is 2. The van der Waals surface area contributed by atoms with Gasteiger partial charge in [0.1, 0.15) is 11.4 Å². The second-order valence-electron chi connectivity index (χ2n) is 7.43. The molecule has 4 rings (SSSR count). The lowest BCUT2D eigenvalue weighted by Gasteiger charge is -2.16. The van der Waals surface area contributed by atoms with Crippen LogP contribution in [0.4, 0.5) is 0 Å². The van der Waals surface area contributed by atoms with E-state index in [0.717, 1.165) is 16.7 Å². The summed E-state index contributed by atoms with van der Waals surface area (Å²) in [6.07, 6.45) is 1.76. The van der Waals surface area contributed by atoms with Crippen LogP contribution in [0.5, 0.6) is 0 Å². The van der Waals surface area contributed by atoms with E-state index in [4.69, 9.17) is 11.6 Å². The van der Waals surface area contributed by atoms with Gasteiger partial charge < -0.3 is 5.32 Å². The van der Waals surface area contributed by atoms with Gasteiger partial charge in [0.2, 0.25) is 5.91 Å². The highest BCUT2D eigenvalue weighted by atomic mass is 35.5. The van der Waals surface area contributed by atoms with Crippen molar-refractivity contribution >= 4 is 44.8 Å². The average Bonchev–Trinajstić information content (AvgIpc) is 3.21. The van der Waals surface area contributed by atoms with Gasteiger partial charge in [0, 0.05) is 16.0 Å². The molecule has 8 heteroatoms. The van der Waals surface area contributed by atoms with E-state index in [1.165, 1.54) is 29.2 Å². The Balaban J connectivity index is 1.57. The zero-order valence-corrected chi connectivity index (χ0v) is 18.8. The summed E-state index contributed by atoms with van der Waals surface area (Å²) in [6, 6.07) is 16.0. The number of hydrogen-bond acceptors (Lipinski definition) is 5. The molecule has 1 N–H and O–H groups in total. The number of rotatable bonds is 7. The maximum absolute atomic E-state index is 13.2. The molecule has 1 atom stereocenters. The number of halogens is 1. The minimum atomic E-state index is -0.664. The van der Waals surface area contributed by atoms with Crippen molar-refractivity contribution in [3.8, 4) is 11.1 Å². The lowest BCUT2D eigenvalue weighted by Crippen LogP contribution is -2.43. The van der Waals surface area contributed by atoms with Crippen molar-refractivity contribution in [3.05, 3.63) is 87.2 Å². The van der Waals surface area contributed by atoms with Gasteiger partial charge in [-0.15, -0.1) is 11.3 Å². The molecule has 1 amide bonds. The van der Waals surface area contributed by atoms with E-state index in [9.17, 15) is 14.4 Å². The number of fused-ring (bicyclic) bond motifs is 1. The number of aromatic nitrogens is 2. The molecule has 0 spiro atoms. The number of Topliss-reactive ketones (excluding diaryl/α,β-unsaturated/α-hetero) is 1. The molecule has 0 bridgehead atoms. The van der Waals surface area contributed by atoms with E-state index in [1.807, 2.05) is 47.8 Å². The number of amides is 1. The van der Waals surface area contributed by atoms with Crippen LogP contribution in [0.15, 0.2) is 71.1 Å². The minimum absolute atomic E-state index is 0.147. The summed E-state index contributed by atoms with van der Waals surface area (Å²) in [5.74, 6) is -0.571.